The Hall–Kier alpha value is -1.35. The molecule has 2 rings (SSSR count). The van der Waals surface area contributed by atoms with E-state index in [9.17, 15) is 13.2 Å². The van der Waals surface area contributed by atoms with Crippen molar-refractivity contribution in [1.29, 1.82) is 0 Å². The summed E-state index contributed by atoms with van der Waals surface area (Å²) in [6, 6.07) is 2.80. The first-order valence-corrected chi connectivity index (χ1v) is 7.72. The van der Waals surface area contributed by atoms with Gasteiger partial charge in [-0.3, -0.25) is 0 Å². The summed E-state index contributed by atoms with van der Waals surface area (Å²) in [6.07, 6.45) is -4.50. The normalized spacial score (nSPS) is 11.5. The van der Waals surface area contributed by atoms with Gasteiger partial charge in [0.1, 0.15) is 5.82 Å². The molecule has 0 aliphatic carbocycles. The van der Waals surface area contributed by atoms with Crippen molar-refractivity contribution in [2.45, 2.75) is 19.6 Å². The summed E-state index contributed by atoms with van der Waals surface area (Å²) in [7, 11) is 0. The Labute approximate surface area is 131 Å². The second-order valence-electron chi connectivity index (χ2n) is 4.07. The summed E-state index contributed by atoms with van der Waals surface area (Å²) < 4.78 is 39.4. The number of anilines is 2. The van der Waals surface area contributed by atoms with E-state index in [0.717, 1.165) is 15.4 Å². The van der Waals surface area contributed by atoms with E-state index in [4.69, 9.17) is 0 Å². The highest BCUT2D eigenvalue weighted by Crippen LogP contribution is 2.30. The molecular weight excluding hydrogens is 369 g/mol. The van der Waals surface area contributed by atoms with Gasteiger partial charge in [-0.25, -0.2) is 4.98 Å². The number of aromatic nitrogens is 2. The summed E-state index contributed by atoms with van der Waals surface area (Å²) in [4.78, 5) is 8.46. The summed E-state index contributed by atoms with van der Waals surface area (Å²) in [5.74, 6) is 0.0972. The van der Waals surface area contributed by atoms with E-state index in [-0.39, 0.29) is 11.8 Å². The minimum atomic E-state index is -4.50. The molecular formula is C12H12BrF3N4S. The van der Waals surface area contributed by atoms with Crippen LogP contribution in [0.4, 0.5) is 24.9 Å². The zero-order valence-corrected chi connectivity index (χ0v) is 13.4. The highest BCUT2D eigenvalue weighted by atomic mass is 79.9. The number of nitrogens with one attached hydrogen (secondary N) is 2. The Morgan fingerprint density at radius 3 is 2.57 bits per heavy atom. The number of rotatable bonds is 5. The molecule has 0 aliphatic rings. The first kappa shape index (κ1) is 16.0. The molecule has 0 saturated carbocycles. The highest BCUT2D eigenvalue weighted by molar-refractivity contribution is 9.10. The van der Waals surface area contributed by atoms with Crippen LogP contribution >= 0.6 is 27.3 Å². The predicted molar refractivity (Wildman–Crippen MR) is 80.5 cm³/mol. The zero-order chi connectivity index (χ0) is 15.5. The molecule has 0 saturated heterocycles. The van der Waals surface area contributed by atoms with Gasteiger partial charge in [0.25, 0.3) is 0 Å². The zero-order valence-electron chi connectivity index (χ0n) is 11.0. The van der Waals surface area contributed by atoms with E-state index < -0.39 is 11.9 Å². The average molecular weight is 381 g/mol. The lowest BCUT2D eigenvalue weighted by atomic mass is 10.3. The number of hydrogen-bond donors (Lipinski definition) is 2. The molecule has 0 aromatic carbocycles. The molecule has 2 aromatic rings. The van der Waals surface area contributed by atoms with E-state index in [1.807, 2.05) is 11.4 Å². The lowest BCUT2D eigenvalue weighted by molar-refractivity contribution is -0.141. The Morgan fingerprint density at radius 1 is 1.24 bits per heavy atom. The van der Waals surface area contributed by atoms with Gasteiger partial charge in [0.05, 0.1) is 6.54 Å². The maximum atomic E-state index is 12.8. The van der Waals surface area contributed by atoms with E-state index in [2.05, 4.69) is 36.5 Å². The topological polar surface area (TPSA) is 49.8 Å². The molecule has 0 bridgehead atoms. The molecule has 0 fully saturated rings. The lowest BCUT2D eigenvalue weighted by Gasteiger charge is -2.11. The van der Waals surface area contributed by atoms with Gasteiger partial charge < -0.3 is 10.6 Å². The number of hydrogen-bond acceptors (Lipinski definition) is 5. The minimum absolute atomic E-state index is 0.0396. The van der Waals surface area contributed by atoms with Gasteiger partial charge in [0, 0.05) is 27.3 Å². The van der Waals surface area contributed by atoms with Crippen LogP contribution in [0.15, 0.2) is 22.0 Å². The van der Waals surface area contributed by atoms with Crippen LogP contribution in [0.3, 0.4) is 0 Å². The average Bonchev–Trinajstić information content (AvgIpc) is 2.81. The van der Waals surface area contributed by atoms with Crippen LogP contribution in [0.2, 0.25) is 0 Å². The second kappa shape index (κ2) is 6.61. The van der Waals surface area contributed by atoms with Crippen LogP contribution in [-0.2, 0) is 12.7 Å². The molecule has 9 heteroatoms. The molecule has 0 aliphatic heterocycles. The fourth-order valence-electron chi connectivity index (χ4n) is 1.54. The van der Waals surface area contributed by atoms with Crippen LogP contribution in [-0.4, -0.2) is 16.5 Å². The van der Waals surface area contributed by atoms with Crippen LogP contribution in [0.1, 0.15) is 17.5 Å². The third kappa shape index (κ3) is 4.57. The monoisotopic (exact) mass is 380 g/mol. The van der Waals surface area contributed by atoms with Crippen molar-refractivity contribution in [1.82, 2.24) is 9.97 Å². The van der Waals surface area contributed by atoms with Crippen molar-refractivity contribution >= 4 is 39.0 Å². The van der Waals surface area contributed by atoms with Crippen LogP contribution < -0.4 is 10.6 Å². The molecule has 2 aromatic heterocycles. The number of halogens is 4. The van der Waals surface area contributed by atoms with E-state index >= 15 is 0 Å². The van der Waals surface area contributed by atoms with Gasteiger partial charge in [-0.15, -0.1) is 11.3 Å². The molecule has 21 heavy (non-hydrogen) atoms. The van der Waals surface area contributed by atoms with Gasteiger partial charge >= 0.3 is 6.18 Å². The molecule has 0 atom stereocenters. The molecule has 0 amide bonds. The summed E-state index contributed by atoms with van der Waals surface area (Å²) in [5.41, 5.74) is -0.969. The van der Waals surface area contributed by atoms with Crippen molar-refractivity contribution in [3.05, 3.63) is 32.6 Å². The Balaban J connectivity index is 2.19. The van der Waals surface area contributed by atoms with Gasteiger partial charge in [-0.2, -0.15) is 18.2 Å². The summed E-state index contributed by atoms with van der Waals surface area (Å²) in [5, 5.41) is 7.48. The highest BCUT2D eigenvalue weighted by Gasteiger charge is 2.33. The number of alkyl halides is 3. The van der Waals surface area contributed by atoms with Gasteiger partial charge in [-0.1, -0.05) is 0 Å². The lowest BCUT2D eigenvalue weighted by Crippen LogP contribution is -2.14. The molecule has 0 radical (unpaired) electrons. The standard InChI is InChI=1S/C12H12BrF3N4S/c1-2-17-11-19-9(12(14,15)16)4-10(20-11)18-5-8-3-7(13)6-21-8/h3-4,6H,2,5H2,1H3,(H2,17,18,19,20). The van der Waals surface area contributed by atoms with Crippen molar-refractivity contribution < 1.29 is 13.2 Å². The van der Waals surface area contributed by atoms with Gasteiger partial charge in [0.15, 0.2) is 5.69 Å². The fourth-order valence-corrected chi connectivity index (χ4v) is 2.94. The predicted octanol–water partition coefficient (Wildman–Crippen LogP) is 4.36. The minimum Gasteiger partial charge on any atom is -0.365 e. The van der Waals surface area contributed by atoms with E-state index in [0.29, 0.717) is 13.1 Å². The smallest absolute Gasteiger partial charge is 0.365 e. The fraction of sp³-hybridized carbons (Fsp3) is 0.333. The summed E-state index contributed by atoms with van der Waals surface area (Å²) >= 11 is 4.83. The number of nitrogens with zero attached hydrogens (tertiary/aromatic N) is 2. The molecule has 114 valence electrons. The Morgan fingerprint density at radius 2 is 2.00 bits per heavy atom. The van der Waals surface area contributed by atoms with Crippen molar-refractivity contribution in [3.8, 4) is 0 Å². The third-order valence-electron chi connectivity index (χ3n) is 2.42. The van der Waals surface area contributed by atoms with Gasteiger partial charge in [-0.05, 0) is 28.9 Å². The van der Waals surface area contributed by atoms with Crippen LogP contribution in [0.25, 0.3) is 0 Å². The van der Waals surface area contributed by atoms with Crippen molar-refractivity contribution in [2.75, 3.05) is 17.2 Å². The molecule has 2 heterocycles. The largest absolute Gasteiger partial charge is 0.433 e. The van der Waals surface area contributed by atoms with Gasteiger partial charge in [0.2, 0.25) is 5.95 Å². The molecule has 4 nitrogen and oxygen atoms in total. The Bertz CT molecular complexity index is 615. The SMILES string of the molecule is CCNc1nc(NCc2cc(Br)cs2)cc(C(F)(F)F)n1. The maximum absolute atomic E-state index is 12.8. The van der Waals surface area contributed by atoms with Crippen LogP contribution in [0, 0.1) is 0 Å². The van der Waals surface area contributed by atoms with Crippen molar-refractivity contribution in [3.63, 3.8) is 0 Å². The maximum Gasteiger partial charge on any atom is 0.433 e. The summed E-state index contributed by atoms with van der Waals surface area (Å²) in [6.45, 7) is 2.61. The Kier molecular flexibility index (Phi) is 5.04. The van der Waals surface area contributed by atoms with Crippen LogP contribution in [0.5, 0.6) is 0 Å². The molecule has 0 unspecified atom stereocenters. The first-order valence-electron chi connectivity index (χ1n) is 6.05. The third-order valence-corrected chi connectivity index (χ3v) is 4.11. The molecule has 0 spiro atoms. The van der Waals surface area contributed by atoms with Crippen molar-refractivity contribution in [2.24, 2.45) is 0 Å². The molecule has 2 N–H and O–H groups in total. The first-order chi connectivity index (χ1) is 9.88. The van der Waals surface area contributed by atoms with E-state index in [1.54, 1.807) is 6.92 Å². The second-order valence-corrected chi connectivity index (χ2v) is 5.99. The van der Waals surface area contributed by atoms with E-state index in [1.165, 1.54) is 11.3 Å². The quantitative estimate of drug-likeness (QED) is 0.808. The number of thiophene rings is 1.